The van der Waals surface area contributed by atoms with E-state index in [0.29, 0.717) is 30.0 Å². The molecule has 4 rings (SSSR count). The van der Waals surface area contributed by atoms with Gasteiger partial charge in [0, 0.05) is 31.2 Å². The van der Waals surface area contributed by atoms with Gasteiger partial charge in [-0.2, -0.15) is 4.31 Å². The highest BCUT2D eigenvalue weighted by molar-refractivity contribution is 7.89. The van der Waals surface area contributed by atoms with Crippen molar-refractivity contribution in [2.45, 2.75) is 36.7 Å². The summed E-state index contributed by atoms with van der Waals surface area (Å²) >= 11 is 6.03. The third-order valence-electron chi connectivity index (χ3n) is 6.73. The lowest BCUT2D eigenvalue weighted by Gasteiger charge is -2.31. The minimum Gasteiger partial charge on any atom is -0.369 e. The first kappa shape index (κ1) is 26.3. The minimum absolute atomic E-state index is 0.0639. The molecule has 12 heteroatoms. The van der Waals surface area contributed by atoms with Gasteiger partial charge in [-0.3, -0.25) is 14.4 Å². The highest BCUT2D eigenvalue weighted by atomic mass is 35.5. The number of nitrogens with two attached hydrogens (primary N) is 1. The Kier molecular flexibility index (Phi) is 7.84. The van der Waals surface area contributed by atoms with Crippen LogP contribution in [-0.4, -0.2) is 91.6 Å². The molecule has 2 saturated heterocycles. The number of benzene rings is 2. The number of sulfonamides is 1. The third-order valence-corrected chi connectivity index (χ3v) is 8.81. The molecule has 36 heavy (non-hydrogen) atoms. The second-order valence-electron chi connectivity index (χ2n) is 9.11. The largest absolute Gasteiger partial charge is 0.369 e. The van der Waals surface area contributed by atoms with Crippen molar-refractivity contribution in [1.82, 2.24) is 19.4 Å². The maximum Gasteiger partial charge on any atom is 0.245 e. The number of nitrogens with one attached hydrogen (secondary N) is 1. The Bertz CT molecular complexity index is 1280. The predicted octanol–water partition coefficient (Wildman–Crippen LogP) is 0.781. The molecule has 2 aliphatic rings. The lowest BCUT2D eigenvalue weighted by atomic mass is 10.1. The van der Waals surface area contributed by atoms with Gasteiger partial charge in [0.25, 0.3) is 0 Å². The number of amides is 3. The van der Waals surface area contributed by atoms with E-state index in [4.69, 9.17) is 17.3 Å². The lowest BCUT2D eigenvalue weighted by Crippen LogP contribution is -2.52. The summed E-state index contributed by atoms with van der Waals surface area (Å²) in [6.07, 6.45) is 0.964. The number of halogens is 1. The van der Waals surface area contributed by atoms with Crippen LogP contribution in [0, 0.1) is 0 Å². The standard InChI is InChI=1S/C24H30ClN5O5S/c1-16(23(32)28-10-2-8-27-9-12-28)29-11-7-21(24(29)33)30(15-22(26)31)36(34,35)20-6-4-17-13-19(25)5-3-18(17)14-20/h3-6,13-14,16,21,27H,2,7-12,15H2,1H3,(H2,26,31)/t16-,21-/m0/s1. The van der Waals surface area contributed by atoms with E-state index in [9.17, 15) is 22.8 Å². The van der Waals surface area contributed by atoms with Crippen molar-refractivity contribution in [3.05, 3.63) is 41.4 Å². The number of carbonyl (C=O) groups excluding carboxylic acids is 3. The highest BCUT2D eigenvalue weighted by Crippen LogP contribution is 2.29. The van der Waals surface area contributed by atoms with E-state index in [0.717, 1.165) is 22.7 Å². The molecule has 0 aromatic heterocycles. The molecule has 0 saturated carbocycles. The number of rotatable bonds is 7. The van der Waals surface area contributed by atoms with E-state index in [2.05, 4.69) is 5.32 Å². The van der Waals surface area contributed by atoms with Crippen LogP contribution in [0.15, 0.2) is 41.3 Å². The highest BCUT2D eigenvalue weighted by Gasteiger charge is 2.45. The quantitative estimate of drug-likeness (QED) is 0.538. The zero-order valence-corrected chi connectivity index (χ0v) is 21.6. The van der Waals surface area contributed by atoms with Crippen molar-refractivity contribution in [3.63, 3.8) is 0 Å². The van der Waals surface area contributed by atoms with E-state index in [1.807, 2.05) is 0 Å². The molecule has 3 N–H and O–H groups in total. The van der Waals surface area contributed by atoms with Gasteiger partial charge in [0.2, 0.25) is 27.7 Å². The Morgan fingerprint density at radius 2 is 1.86 bits per heavy atom. The second-order valence-corrected chi connectivity index (χ2v) is 11.4. The fourth-order valence-electron chi connectivity index (χ4n) is 4.81. The van der Waals surface area contributed by atoms with Crippen LogP contribution in [0.25, 0.3) is 10.8 Å². The fraction of sp³-hybridized carbons (Fsp3) is 0.458. The molecule has 2 aromatic rings. The Morgan fingerprint density at radius 1 is 1.14 bits per heavy atom. The molecular formula is C24H30ClN5O5S. The Hall–Kier alpha value is -2.73. The van der Waals surface area contributed by atoms with Crippen LogP contribution in [0.2, 0.25) is 5.02 Å². The summed E-state index contributed by atoms with van der Waals surface area (Å²) in [5, 5.41) is 5.15. The first-order valence-electron chi connectivity index (χ1n) is 11.9. The smallest absolute Gasteiger partial charge is 0.245 e. The molecule has 0 unspecified atom stereocenters. The molecule has 10 nitrogen and oxygen atoms in total. The zero-order chi connectivity index (χ0) is 26.0. The third kappa shape index (κ3) is 5.34. The molecule has 2 heterocycles. The van der Waals surface area contributed by atoms with Crippen molar-refractivity contribution < 1.29 is 22.8 Å². The van der Waals surface area contributed by atoms with E-state index in [1.165, 1.54) is 17.0 Å². The number of nitrogens with zero attached hydrogens (tertiary/aromatic N) is 3. The topological polar surface area (TPSA) is 133 Å². The maximum atomic E-state index is 13.6. The van der Waals surface area contributed by atoms with Crippen LogP contribution in [0.3, 0.4) is 0 Å². The maximum absolute atomic E-state index is 13.6. The predicted molar refractivity (Wildman–Crippen MR) is 136 cm³/mol. The summed E-state index contributed by atoms with van der Waals surface area (Å²) in [5.74, 6) is -1.56. The van der Waals surface area contributed by atoms with Crippen LogP contribution in [0.5, 0.6) is 0 Å². The van der Waals surface area contributed by atoms with Gasteiger partial charge in [0.1, 0.15) is 12.1 Å². The molecule has 2 fully saturated rings. The number of primary amides is 1. The van der Waals surface area contributed by atoms with Crippen LogP contribution in [0.1, 0.15) is 19.8 Å². The number of likely N-dealkylation sites (tertiary alicyclic amines) is 1. The lowest BCUT2D eigenvalue weighted by molar-refractivity contribution is -0.144. The summed E-state index contributed by atoms with van der Waals surface area (Å²) in [6.45, 7) is 3.85. The van der Waals surface area contributed by atoms with Crippen molar-refractivity contribution in [2.75, 3.05) is 39.3 Å². The van der Waals surface area contributed by atoms with Gasteiger partial charge in [-0.05, 0) is 61.3 Å². The number of hydrogen-bond acceptors (Lipinski definition) is 6. The van der Waals surface area contributed by atoms with Gasteiger partial charge >= 0.3 is 0 Å². The molecule has 0 bridgehead atoms. The molecule has 0 aliphatic carbocycles. The van der Waals surface area contributed by atoms with Crippen molar-refractivity contribution in [3.8, 4) is 0 Å². The summed E-state index contributed by atoms with van der Waals surface area (Å²) in [6, 6.07) is 7.70. The molecule has 194 valence electrons. The summed E-state index contributed by atoms with van der Waals surface area (Å²) in [5.41, 5.74) is 5.39. The number of carbonyl (C=O) groups is 3. The normalized spacial score (nSPS) is 20.1. The fourth-order valence-corrected chi connectivity index (χ4v) is 6.60. The van der Waals surface area contributed by atoms with Crippen molar-refractivity contribution in [1.29, 1.82) is 0 Å². The summed E-state index contributed by atoms with van der Waals surface area (Å²) in [7, 11) is -4.26. The molecule has 2 atom stereocenters. The molecule has 0 radical (unpaired) electrons. The average Bonchev–Trinajstić information content (AvgIpc) is 3.03. The van der Waals surface area contributed by atoms with Crippen LogP contribution in [-0.2, 0) is 24.4 Å². The summed E-state index contributed by atoms with van der Waals surface area (Å²) in [4.78, 5) is 41.5. The second kappa shape index (κ2) is 10.7. The molecule has 0 spiro atoms. The van der Waals surface area contributed by atoms with Gasteiger partial charge in [-0.1, -0.05) is 23.7 Å². The molecular weight excluding hydrogens is 506 g/mol. The monoisotopic (exact) mass is 535 g/mol. The van der Waals surface area contributed by atoms with Gasteiger partial charge in [0.15, 0.2) is 0 Å². The van der Waals surface area contributed by atoms with Crippen LogP contribution in [0.4, 0.5) is 0 Å². The van der Waals surface area contributed by atoms with Crippen molar-refractivity contribution in [2.24, 2.45) is 5.73 Å². The van der Waals surface area contributed by atoms with E-state index >= 15 is 0 Å². The van der Waals surface area contributed by atoms with Gasteiger partial charge in [0.05, 0.1) is 11.4 Å². The SMILES string of the molecule is C[C@@H](C(=O)N1CCCNCC1)N1CC[C@H](N(CC(N)=O)S(=O)(=O)c2ccc3cc(Cl)ccc3c2)C1=O. The Labute approximate surface area is 215 Å². The van der Waals surface area contributed by atoms with Gasteiger partial charge in [-0.25, -0.2) is 8.42 Å². The van der Waals surface area contributed by atoms with Gasteiger partial charge in [-0.15, -0.1) is 0 Å². The first-order valence-corrected chi connectivity index (χ1v) is 13.7. The Morgan fingerprint density at radius 3 is 2.61 bits per heavy atom. The van der Waals surface area contributed by atoms with E-state index in [-0.39, 0.29) is 23.8 Å². The molecule has 2 aliphatic heterocycles. The van der Waals surface area contributed by atoms with Crippen LogP contribution >= 0.6 is 11.6 Å². The van der Waals surface area contributed by atoms with Crippen molar-refractivity contribution >= 4 is 50.1 Å². The van der Waals surface area contributed by atoms with Crippen LogP contribution < -0.4 is 11.1 Å². The first-order chi connectivity index (χ1) is 17.1. The Balaban J connectivity index is 1.59. The molecule has 2 aromatic carbocycles. The minimum atomic E-state index is -4.26. The van der Waals surface area contributed by atoms with E-state index in [1.54, 1.807) is 36.1 Å². The van der Waals surface area contributed by atoms with Gasteiger partial charge < -0.3 is 20.9 Å². The number of fused-ring (bicyclic) bond motifs is 1. The number of hydrogen-bond donors (Lipinski definition) is 2. The molecule has 3 amide bonds. The summed E-state index contributed by atoms with van der Waals surface area (Å²) < 4.78 is 28.2. The van der Waals surface area contributed by atoms with E-state index < -0.39 is 40.5 Å². The zero-order valence-electron chi connectivity index (χ0n) is 20.0. The average molecular weight is 536 g/mol.